The second kappa shape index (κ2) is 8.10. The molecule has 1 atom stereocenters. The van der Waals surface area contributed by atoms with Crippen molar-refractivity contribution in [1.82, 2.24) is 0 Å². The van der Waals surface area contributed by atoms with Crippen molar-refractivity contribution in [2.24, 2.45) is 0 Å². The Bertz CT molecular complexity index is 959. The Hall–Kier alpha value is -2.74. The van der Waals surface area contributed by atoms with Crippen LogP contribution in [0.3, 0.4) is 0 Å². The highest BCUT2D eigenvalue weighted by Crippen LogP contribution is 2.34. The van der Waals surface area contributed by atoms with Crippen LogP contribution in [0.2, 0.25) is 0 Å². The Morgan fingerprint density at radius 1 is 1.21 bits per heavy atom. The van der Waals surface area contributed by atoms with Crippen molar-refractivity contribution in [2.45, 2.75) is 32.5 Å². The number of fused-ring (bicyclic) bond motifs is 1. The minimum atomic E-state index is -3.48. The lowest BCUT2D eigenvalue weighted by molar-refractivity contribution is -0.122. The van der Waals surface area contributed by atoms with Crippen LogP contribution in [0.1, 0.15) is 20.3 Å². The first-order valence-corrected chi connectivity index (χ1v) is 10.9. The largest absolute Gasteiger partial charge is 0.491 e. The second-order valence-electron chi connectivity index (χ2n) is 6.88. The highest BCUT2D eigenvalue weighted by Gasteiger charge is 2.31. The number of anilines is 2. The van der Waals surface area contributed by atoms with E-state index in [4.69, 9.17) is 9.47 Å². The summed E-state index contributed by atoms with van der Waals surface area (Å²) in [5.74, 6) is 0.678. The van der Waals surface area contributed by atoms with E-state index in [1.807, 2.05) is 19.9 Å². The molecule has 2 aromatic rings. The molecule has 1 aliphatic heterocycles. The summed E-state index contributed by atoms with van der Waals surface area (Å²) in [6.45, 7) is 4.01. The Kier molecular flexibility index (Phi) is 5.79. The lowest BCUT2D eigenvalue weighted by Gasteiger charge is -2.20. The van der Waals surface area contributed by atoms with E-state index in [9.17, 15) is 13.2 Å². The molecule has 0 fully saturated rings. The molecule has 7 nitrogen and oxygen atoms in total. The highest BCUT2D eigenvalue weighted by atomic mass is 32.2. The number of para-hydroxylation sites is 2. The molecule has 0 radical (unpaired) electrons. The topological polar surface area (TPSA) is 84.9 Å². The van der Waals surface area contributed by atoms with Gasteiger partial charge in [0.15, 0.2) is 6.10 Å². The first kappa shape index (κ1) is 20.0. The molecule has 1 amide bonds. The number of benzene rings is 2. The van der Waals surface area contributed by atoms with E-state index in [0.29, 0.717) is 22.9 Å². The Balaban J connectivity index is 1.79. The van der Waals surface area contributed by atoms with Crippen molar-refractivity contribution in [3.8, 4) is 11.5 Å². The Morgan fingerprint density at radius 2 is 1.96 bits per heavy atom. The number of hydrogen-bond donors (Lipinski definition) is 1. The fraction of sp³-hybridized carbons (Fsp3) is 0.350. The summed E-state index contributed by atoms with van der Waals surface area (Å²) < 4.78 is 37.1. The average Bonchev–Trinajstić information content (AvgIpc) is 2.81. The zero-order valence-corrected chi connectivity index (χ0v) is 16.9. The van der Waals surface area contributed by atoms with Crippen LogP contribution in [-0.4, -0.2) is 39.3 Å². The lowest BCUT2D eigenvalue weighted by atomic mass is 10.2. The molecule has 0 saturated carbocycles. The van der Waals surface area contributed by atoms with E-state index in [1.165, 1.54) is 4.31 Å². The van der Waals surface area contributed by atoms with Crippen LogP contribution in [0.15, 0.2) is 48.5 Å². The molecule has 3 rings (SSSR count). The number of carbonyl (C=O) groups excluding carboxylic acids is 1. The van der Waals surface area contributed by atoms with Gasteiger partial charge in [0.2, 0.25) is 10.0 Å². The number of hydrogen-bond acceptors (Lipinski definition) is 5. The van der Waals surface area contributed by atoms with E-state index >= 15 is 0 Å². The van der Waals surface area contributed by atoms with Gasteiger partial charge in [-0.3, -0.25) is 9.10 Å². The molecular weight excluding hydrogens is 380 g/mol. The SMILES string of the molecule is CC(C)Oc1cccc(NC(=O)[C@@H]2CCN(S(C)(=O)=O)c3ccccc3O2)c1. The molecule has 0 aliphatic carbocycles. The quantitative estimate of drug-likeness (QED) is 0.828. The molecule has 150 valence electrons. The number of nitrogens with one attached hydrogen (secondary N) is 1. The van der Waals surface area contributed by atoms with Gasteiger partial charge in [-0.2, -0.15) is 0 Å². The number of nitrogens with zero attached hydrogens (tertiary/aromatic N) is 1. The van der Waals surface area contributed by atoms with E-state index in [0.717, 1.165) is 6.26 Å². The van der Waals surface area contributed by atoms with Crippen molar-refractivity contribution in [1.29, 1.82) is 0 Å². The molecule has 0 unspecified atom stereocenters. The van der Waals surface area contributed by atoms with Crippen LogP contribution < -0.4 is 19.1 Å². The average molecular weight is 404 g/mol. The van der Waals surface area contributed by atoms with Crippen molar-refractivity contribution >= 4 is 27.3 Å². The number of ether oxygens (including phenoxy) is 2. The molecule has 1 aliphatic rings. The lowest BCUT2D eigenvalue weighted by Crippen LogP contribution is -2.35. The van der Waals surface area contributed by atoms with Crippen LogP contribution >= 0.6 is 0 Å². The molecule has 0 saturated heterocycles. The first-order chi connectivity index (χ1) is 13.2. The normalized spacial score (nSPS) is 16.7. The van der Waals surface area contributed by atoms with Gasteiger partial charge >= 0.3 is 0 Å². The number of carbonyl (C=O) groups is 1. The van der Waals surface area contributed by atoms with Gasteiger partial charge in [-0.05, 0) is 38.1 Å². The maximum atomic E-state index is 12.8. The van der Waals surface area contributed by atoms with Crippen LogP contribution in [-0.2, 0) is 14.8 Å². The number of amides is 1. The number of rotatable bonds is 5. The van der Waals surface area contributed by atoms with Crippen molar-refractivity contribution < 1.29 is 22.7 Å². The molecule has 0 aromatic heterocycles. The van der Waals surface area contributed by atoms with Gasteiger partial charge in [0.05, 0.1) is 18.0 Å². The maximum Gasteiger partial charge on any atom is 0.265 e. The third-order valence-electron chi connectivity index (χ3n) is 4.16. The van der Waals surface area contributed by atoms with Crippen LogP contribution in [0.4, 0.5) is 11.4 Å². The molecule has 0 spiro atoms. The molecular formula is C20H24N2O5S. The summed E-state index contributed by atoms with van der Waals surface area (Å²) >= 11 is 0. The van der Waals surface area contributed by atoms with Crippen LogP contribution in [0.25, 0.3) is 0 Å². The highest BCUT2D eigenvalue weighted by molar-refractivity contribution is 7.92. The predicted molar refractivity (Wildman–Crippen MR) is 109 cm³/mol. The van der Waals surface area contributed by atoms with E-state index in [1.54, 1.807) is 42.5 Å². The van der Waals surface area contributed by atoms with Gasteiger partial charge in [0.25, 0.3) is 5.91 Å². The standard InChI is InChI=1S/C20H24N2O5S/c1-14(2)26-16-8-6-7-15(13-16)21-20(23)19-11-12-22(28(3,24)25)17-9-4-5-10-18(17)27-19/h4-10,13-14,19H,11-12H2,1-3H3,(H,21,23)/t19-/m0/s1. The zero-order valence-electron chi connectivity index (χ0n) is 16.1. The maximum absolute atomic E-state index is 12.8. The van der Waals surface area contributed by atoms with Crippen LogP contribution in [0.5, 0.6) is 11.5 Å². The van der Waals surface area contributed by atoms with Crippen molar-refractivity contribution in [2.75, 3.05) is 22.4 Å². The molecule has 0 bridgehead atoms. The monoisotopic (exact) mass is 404 g/mol. The molecule has 2 aromatic carbocycles. The fourth-order valence-electron chi connectivity index (χ4n) is 3.00. The second-order valence-corrected chi connectivity index (χ2v) is 8.79. The summed E-state index contributed by atoms with van der Waals surface area (Å²) in [7, 11) is -3.48. The third-order valence-corrected chi connectivity index (χ3v) is 5.34. The first-order valence-electron chi connectivity index (χ1n) is 9.05. The van der Waals surface area contributed by atoms with Gasteiger partial charge < -0.3 is 14.8 Å². The van der Waals surface area contributed by atoms with Crippen LogP contribution in [0, 0.1) is 0 Å². The summed E-state index contributed by atoms with van der Waals surface area (Å²) in [4.78, 5) is 12.8. The molecule has 1 N–H and O–H groups in total. The van der Waals surface area contributed by atoms with Gasteiger partial charge in [-0.15, -0.1) is 0 Å². The molecule has 8 heteroatoms. The minimum absolute atomic E-state index is 0.0228. The van der Waals surface area contributed by atoms with E-state index in [2.05, 4.69) is 5.32 Å². The van der Waals surface area contributed by atoms with E-state index < -0.39 is 16.1 Å². The van der Waals surface area contributed by atoms with Crippen molar-refractivity contribution in [3.05, 3.63) is 48.5 Å². The summed E-state index contributed by atoms with van der Waals surface area (Å²) in [6.07, 6.45) is 0.581. The summed E-state index contributed by atoms with van der Waals surface area (Å²) in [5.41, 5.74) is 1.02. The third kappa shape index (κ3) is 4.75. The Labute approximate surface area is 165 Å². The summed E-state index contributed by atoms with van der Waals surface area (Å²) in [6, 6.07) is 13.9. The van der Waals surface area contributed by atoms with Gasteiger partial charge in [-0.1, -0.05) is 18.2 Å². The Morgan fingerprint density at radius 3 is 2.68 bits per heavy atom. The van der Waals surface area contributed by atoms with Gasteiger partial charge in [0.1, 0.15) is 11.5 Å². The van der Waals surface area contributed by atoms with Gasteiger partial charge in [-0.25, -0.2) is 8.42 Å². The summed E-state index contributed by atoms with van der Waals surface area (Å²) in [5, 5.41) is 2.83. The van der Waals surface area contributed by atoms with E-state index in [-0.39, 0.29) is 25.0 Å². The minimum Gasteiger partial charge on any atom is -0.491 e. The predicted octanol–water partition coefficient (Wildman–Crippen LogP) is 3.03. The van der Waals surface area contributed by atoms with Gasteiger partial charge in [0, 0.05) is 24.7 Å². The molecule has 1 heterocycles. The smallest absolute Gasteiger partial charge is 0.265 e. The van der Waals surface area contributed by atoms with Crippen molar-refractivity contribution in [3.63, 3.8) is 0 Å². The fourth-order valence-corrected chi connectivity index (χ4v) is 3.95. The zero-order chi connectivity index (χ0) is 20.3. The molecule has 28 heavy (non-hydrogen) atoms. The number of sulfonamides is 1.